The minimum atomic E-state index is 0.607. The van der Waals surface area contributed by atoms with Crippen LogP contribution in [0.15, 0.2) is 33.2 Å². The van der Waals surface area contributed by atoms with Gasteiger partial charge in [-0.3, -0.25) is 0 Å². The molecule has 18 heavy (non-hydrogen) atoms. The minimum Gasteiger partial charge on any atom is -0.354 e. The second-order valence-corrected chi connectivity index (χ2v) is 5.33. The molecule has 0 saturated carbocycles. The van der Waals surface area contributed by atoms with Crippen LogP contribution in [0.5, 0.6) is 0 Å². The third-order valence-electron chi connectivity index (χ3n) is 1.99. The Morgan fingerprint density at radius 1 is 1.22 bits per heavy atom. The first-order valence-electron chi connectivity index (χ1n) is 5.42. The summed E-state index contributed by atoms with van der Waals surface area (Å²) in [5.74, 6) is 0.607. The third-order valence-corrected chi connectivity index (χ3v) is 3.73. The first-order valence-corrected chi connectivity index (χ1v) is 7.03. The number of aryl methyl sites for hydroxylation is 1. The molecule has 0 aliphatic carbocycles. The molecule has 2 aromatic rings. The van der Waals surface area contributed by atoms with Crippen LogP contribution in [0, 0.1) is 6.92 Å². The molecule has 7 heteroatoms. The van der Waals surface area contributed by atoms with Gasteiger partial charge in [0.25, 0.3) is 0 Å². The van der Waals surface area contributed by atoms with Crippen LogP contribution >= 0.6 is 27.7 Å². The molecule has 0 saturated heterocycles. The molecule has 2 rings (SSSR count). The maximum Gasteiger partial charge on any atom is 0.223 e. The van der Waals surface area contributed by atoms with Crippen molar-refractivity contribution in [2.24, 2.45) is 0 Å². The molecule has 0 atom stereocenters. The highest BCUT2D eigenvalue weighted by atomic mass is 79.9. The molecule has 0 bridgehead atoms. The number of halogens is 1. The van der Waals surface area contributed by atoms with Gasteiger partial charge >= 0.3 is 0 Å². The zero-order valence-corrected chi connectivity index (χ0v) is 12.4. The number of aromatic nitrogens is 4. The highest BCUT2D eigenvalue weighted by molar-refractivity contribution is 9.10. The fourth-order valence-electron chi connectivity index (χ4n) is 1.19. The molecule has 0 aromatic carbocycles. The van der Waals surface area contributed by atoms with Crippen molar-refractivity contribution in [3.63, 3.8) is 0 Å². The van der Waals surface area contributed by atoms with Crippen LogP contribution in [0.3, 0.4) is 0 Å². The Balaban J connectivity index is 2.22. The summed E-state index contributed by atoms with van der Waals surface area (Å²) in [5.41, 5.74) is 1.04. The summed E-state index contributed by atoms with van der Waals surface area (Å²) in [6.07, 6.45) is 5.30. The smallest absolute Gasteiger partial charge is 0.223 e. The number of anilines is 1. The molecule has 0 aliphatic heterocycles. The Hall–Kier alpha value is -1.21. The SMILES string of the molecule is CCNc1ncc(Br)c(Sc2ncc(C)cn2)n1. The summed E-state index contributed by atoms with van der Waals surface area (Å²) in [6.45, 7) is 4.74. The van der Waals surface area contributed by atoms with Crippen LogP contribution < -0.4 is 5.32 Å². The Morgan fingerprint density at radius 2 is 1.94 bits per heavy atom. The molecule has 5 nitrogen and oxygen atoms in total. The maximum atomic E-state index is 4.39. The average Bonchev–Trinajstić information content (AvgIpc) is 2.36. The Kier molecular flexibility index (Phi) is 4.48. The van der Waals surface area contributed by atoms with Gasteiger partial charge in [0.2, 0.25) is 5.95 Å². The molecule has 0 unspecified atom stereocenters. The summed E-state index contributed by atoms with van der Waals surface area (Å²) in [6, 6.07) is 0. The summed E-state index contributed by atoms with van der Waals surface area (Å²) >= 11 is 4.83. The van der Waals surface area contributed by atoms with Crippen molar-refractivity contribution in [3.05, 3.63) is 28.6 Å². The molecule has 0 amide bonds. The van der Waals surface area contributed by atoms with E-state index >= 15 is 0 Å². The van der Waals surface area contributed by atoms with Gasteiger partial charge in [0.1, 0.15) is 5.03 Å². The van der Waals surface area contributed by atoms with E-state index in [0.717, 1.165) is 21.6 Å². The first-order chi connectivity index (χ1) is 8.69. The lowest BCUT2D eigenvalue weighted by Gasteiger charge is -2.05. The van der Waals surface area contributed by atoms with E-state index < -0.39 is 0 Å². The van der Waals surface area contributed by atoms with Crippen molar-refractivity contribution in [3.8, 4) is 0 Å². The predicted octanol–water partition coefficient (Wildman–Crippen LogP) is 2.92. The summed E-state index contributed by atoms with van der Waals surface area (Å²) in [4.78, 5) is 17.0. The summed E-state index contributed by atoms with van der Waals surface area (Å²) in [7, 11) is 0. The molecule has 0 spiro atoms. The van der Waals surface area contributed by atoms with Gasteiger partial charge < -0.3 is 5.32 Å². The quantitative estimate of drug-likeness (QED) is 0.688. The van der Waals surface area contributed by atoms with E-state index in [1.54, 1.807) is 18.6 Å². The topological polar surface area (TPSA) is 63.6 Å². The third kappa shape index (κ3) is 3.39. The van der Waals surface area contributed by atoms with Crippen molar-refractivity contribution in [1.82, 2.24) is 19.9 Å². The molecule has 1 N–H and O–H groups in total. The highest BCUT2D eigenvalue weighted by Crippen LogP contribution is 2.29. The number of hydrogen-bond donors (Lipinski definition) is 1. The molecule has 2 aromatic heterocycles. The normalized spacial score (nSPS) is 10.4. The number of hydrogen-bond acceptors (Lipinski definition) is 6. The monoisotopic (exact) mass is 325 g/mol. The molecule has 0 radical (unpaired) electrons. The van der Waals surface area contributed by atoms with Gasteiger partial charge in [-0.2, -0.15) is 0 Å². The van der Waals surface area contributed by atoms with E-state index in [1.165, 1.54) is 11.8 Å². The van der Waals surface area contributed by atoms with E-state index in [2.05, 4.69) is 41.2 Å². The Bertz CT molecular complexity index is 531. The Labute approximate surface area is 118 Å². The molecule has 0 fully saturated rings. The highest BCUT2D eigenvalue weighted by Gasteiger charge is 2.08. The van der Waals surface area contributed by atoms with Crippen LogP contribution in [0.1, 0.15) is 12.5 Å². The summed E-state index contributed by atoms with van der Waals surface area (Å²) < 4.78 is 0.832. The zero-order valence-electron chi connectivity index (χ0n) is 10.0. The van der Waals surface area contributed by atoms with Crippen molar-refractivity contribution >= 4 is 33.6 Å². The fraction of sp³-hybridized carbons (Fsp3) is 0.273. The maximum absolute atomic E-state index is 4.39. The standard InChI is InChI=1S/C11H12BrN5S/c1-3-13-10-14-6-8(12)9(17-10)18-11-15-4-7(2)5-16-11/h4-6H,3H2,1-2H3,(H,13,14,17). The second kappa shape index (κ2) is 6.10. The lowest BCUT2D eigenvalue weighted by atomic mass is 10.4. The second-order valence-electron chi connectivity index (χ2n) is 3.52. The molecular formula is C11H12BrN5S. The Morgan fingerprint density at radius 3 is 2.61 bits per heavy atom. The van der Waals surface area contributed by atoms with Crippen molar-refractivity contribution in [1.29, 1.82) is 0 Å². The largest absolute Gasteiger partial charge is 0.354 e. The number of rotatable bonds is 4. The van der Waals surface area contributed by atoms with Gasteiger partial charge in [0, 0.05) is 25.1 Å². The van der Waals surface area contributed by atoms with Crippen LogP contribution in [-0.2, 0) is 0 Å². The van der Waals surface area contributed by atoms with Crippen molar-refractivity contribution in [2.45, 2.75) is 24.0 Å². The van der Waals surface area contributed by atoms with Crippen LogP contribution in [-0.4, -0.2) is 26.5 Å². The van der Waals surface area contributed by atoms with Gasteiger partial charge in [-0.1, -0.05) is 0 Å². The van der Waals surface area contributed by atoms with Gasteiger partial charge in [-0.25, -0.2) is 19.9 Å². The number of nitrogens with one attached hydrogen (secondary N) is 1. The van der Waals surface area contributed by atoms with E-state index in [-0.39, 0.29) is 0 Å². The van der Waals surface area contributed by atoms with E-state index in [9.17, 15) is 0 Å². The van der Waals surface area contributed by atoms with Gasteiger partial charge in [0.15, 0.2) is 5.16 Å². The van der Waals surface area contributed by atoms with E-state index in [0.29, 0.717) is 11.1 Å². The fourth-order valence-corrected chi connectivity index (χ4v) is 2.29. The summed E-state index contributed by atoms with van der Waals surface area (Å²) in [5, 5.41) is 4.54. The first kappa shape index (κ1) is 13.2. The molecule has 2 heterocycles. The minimum absolute atomic E-state index is 0.607. The van der Waals surface area contributed by atoms with Crippen LogP contribution in [0.4, 0.5) is 5.95 Å². The van der Waals surface area contributed by atoms with Crippen LogP contribution in [0.25, 0.3) is 0 Å². The lowest BCUT2D eigenvalue weighted by Crippen LogP contribution is -2.02. The zero-order chi connectivity index (χ0) is 13.0. The van der Waals surface area contributed by atoms with E-state index in [1.807, 2.05) is 13.8 Å². The van der Waals surface area contributed by atoms with Crippen molar-refractivity contribution < 1.29 is 0 Å². The van der Waals surface area contributed by atoms with Gasteiger partial charge in [0.05, 0.1) is 4.47 Å². The molecule has 94 valence electrons. The average molecular weight is 326 g/mol. The van der Waals surface area contributed by atoms with Gasteiger partial charge in [-0.05, 0) is 47.1 Å². The molecular weight excluding hydrogens is 314 g/mol. The van der Waals surface area contributed by atoms with Crippen LogP contribution in [0.2, 0.25) is 0 Å². The lowest BCUT2D eigenvalue weighted by molar-refractivity contribution is 0.936. The predicted molar refractivity (Wildman–Crippen MR) is 74.8 cm³/mol. The van der Waals surface area contributed by atoms with Crippen molar-refractivity contribution in [2.75, 3.05) is 11.9 Å². The number of nitrogens with zero attached hydrogens (tertiary/aromatic N) is 4. The molecule has 0 aliphatic rings. The van der Waals surface area contributed by atoms with Gasteiger partial charge in [-0.15, -0.1) is 0 Å². The van der Waals surface area contributed by atoms with E-state index in [4.69, 9.17) is 0 Å².